The molecule has 0 fully saturated rings. The molecule has 0 saturated carbocycles. The lowest BCUT2D eigenvalue weighted by molar-refractivity contribution is 0.0955. The van der Waals surface area contributed by atoms with Crippen molar-refractivity contribution in [3.05, 3.63) is 34.3 Å². The van der Waals surface area contributed by atoms with Crippen LogP contribution in [0.25, 0.3) is 0 Å². The van der Waals surface area contributed by atoms with Gasteiger partial charge in [-0.25, -0.2) is 0 Å². The molecule has 1 rings (SSSR count). The van der Waals surface area contributed by atoms with E-state index >= 15 is 0 Å². The minimum atomic E-state index is 0.195. The SMILES string of the molecule is COCCN(CCCC(=O)c1ccc(Br)cc1)CCOC. The molecule has 4 nitrogen and oxygen atoms in total. The van der Waals surface area contributed by atoms with Crippen molar-refractivity contribution in [2.75, 3.05) is 47.1 Å². The highest BCUT2D eigenvalue weighted by Crippen LogP contribution is 2.12. The zero-order valence-corrected chi connectivity index (χ0v) is 14.4. The van der Waals surface area contributed by atoms with Crippen LogP contribution in [0.3, 0.4) is 0 Å². The van der Waals surface area contributed by atoms with Crippen LogP contribution >= 0.6 is 15.9 Å². The molecular weight excluding hydrogens is 334 g/mol. The van der Waals surface area contributed by atoms with Gasteiger partial charge >= 0.3 is 0 Å². The fourth-order valence-electron chi connectivity index (χ4n) is 2.02. The predicted molar refractivity (Wildman–Crippen MR) is 87.9 cm³/mol. The second-order valence-electron chi connectivity index (χ2n) is 4.86. The van der Waals surface area contributed by atoms with E-state index in [1.165, 1.54) is 0 Å². The third-order valence-electron chi connectivity index (χ3n) is 3.27. The Morgan fingerprint density at radius 3 is 2.14 bits per heavy atom. The lowest BCUT2D eigenvalue weighted by Crippen LogP contribution is -2.32. The highest BCUT2D eigenvalue weighted by atomic mass is 79.9. The first-order valence-electron chi connectivity index (χ1n) is 7.16. The first kappa shape index (κ1) is 18.3. The Morgan fingerprint density at radius 2 is 1.62 bits per heavy atom. The summed E-state index contributed by atoms with van der Waals surface area (Å²) in [5, 5.41) is 0. The maximum Gasteiger partial charge on any atom is 0.162 e. The number of rotatable bonds is 11. The first-order chi connectivity index (χ1) is 10.2. The Kier molecular flexibility index (Phi) is 9.50. The van der Waals surface area contributed by atoms with Gasteiger partial charge in [-0.2, -0.15) is 0 Å². The van der Waals surface area contributed by atoms with Crippen molar-refractivity contribution in [2.45, 2.75) is 12.8 Å². The number of hydrogen-bond acceptors (Lipinski definition) is 4. The van der Waals surface area contributed by atoms with Gasteiger partial charge in [0.05, 0.1) is 13.2 Å². The summed E-state index contributed by atoms with van der Waals surface area (Å²) in [6, 6.07) is 7.52. The van der Waals surface area contributed by atoms with E-state index in [4.69, 9.17) is 9.47 Å². The Labute approximate surface area is 135 Å². The molecule has 1 aromatic rings. The van der Waals surface area contributed by atoms with E-state index < -0.39 is 0 Å². The molecule has 0 aliphatic heterocycles. The summed E-state index contributed by atoms with van der Waals surface area (Å²) in [6.45, 7) is 4.02. The minimum absolute atomic E-state index is 0.195. The molecule has 0 N–H and O–H groups in total. The van der Waals surface area contributed by atoms with Crippen molar-refractivity contribution < 1.29 is 14.3 Å². The van der Waals surface area contributed by atoms with Gasteiger partial charge in [-0.1, -0.05) is 28.1 Å². The average Bonchev–Trinajstić information content (AvgIpc) is 2.50. The number of ketones is 1. The van der Waals surface area contributed by atoms with Gasteiger partial charge in [0.15, 0.2) is 5.78 Å². The maximum absolute atomic E-state index is 12.1. The van der Waals surface area contributed by atoms with Crippen molar-refractivity contribution >= 4 is 21.7 Å². The lowest BCUT2D eigenvalue weighted by atomic mass is 10.1. The predicted octanol–water partition coefficient (Wildman–Crippen LogP) is 3.01. The van der Waals surface area contributed by atoms with Crippen molar-refractivity contribution in [3.8, 4) is 0 Å². The summed E-state index contributed by atoms with van der Waals surface area (Å²) in [6.07, 6.45) is 1.42. The zero-order valence-electron chi connectivity index (χ0n) is 12.8. The summed E-state index contributed by atoms with van der Waals surface area (Å²) >= 11 is 3.37. The van der Waals surface area contributed by atoms with Gasteiger partial charge in [0.25, 0.3) is 0 Å². The number of hydrogen-bond donors (Lipinski definition) is 0. The van der Waals surface area contributed by atoms with E-state index in [0.29, 0.717) is 19.6 Å². The van der Waals surface area contributed by atoms with E-state index in [9.17, 15) is 4.79 Å². The molecule has 0 unspecified atom stereocenters. The van der Waals surface area contributed by atoms with Crippen LogP contribution in [-0.2, 0) is 9.47 Å². The number of carbonyl (C=O) groups excluding carboxylic acids is 1. The van der Waals surface area contributed by atoms with Crippen LogP contribution < -0.4 is 0 Å². The van der Waals surface area contributed by atoms with Crippen molar-refractivity contribution in [2.24, 2.45) is 0 Å². The average molecular weight is 358 g/mol. The Balaban J connectivity index is 2.34. The molecule has 0 aromatic heterocycles. The second kappa shape index (κ2) is 10.9. The van der Waals surface area contributed by atoms with Crippen LogP contribution in [0, 0.1) is 0 Å². The summed E-state index contributed by atoms with van der Waals surface area (Å²) in [7, 11) is 3.40. The van der Waals surface area contributed by atoms with Gasteiger partial charge in [0.2, 0.25) is 0 Å². The van der Waals surface area contributed by atoms with Crippen LogP contribution in [0.1, 0.15) is 23.2 Å². The smallest absolute Gasteiger partial charge is 0.162 e. The molecule has 0 saturated heterocycles. The van der Waals surface area contributed by atoms with Crippen LogP contribution in [0.5, 0.6) is 0 Å². The number of nitrogens with zero attached hydrogens (tertiary/aromatic N) is 1. The normalized spacial score (nSPS) is 11.0. The van der Waals surface area contributed by atoms with Crippen LogP contribution in [0.15, 0.2) is 28.7 Å². The van der Waals surface area contributed by atoms with Crippen LogP contribution in [0.4, 0.5) is 0 Å². The van der Waals surface area contributed by atoms with Gasteiger partial charge in [0.1, 0.15) is 0 Å². The van der Waals surface area contributed by atoms with E-state index in [0.717, 1.165) is 36.1 Å². The molecule has 21 heavy (non-hydrogen) atoms. The molecular formula is C16H24BrNO3. The molecule has 118 valence electrons. The third-order valence-corrected chi connectivity index (χ3v) is 3.80. The molecule has 5 heteroatoms. The first-order valence-corrected chi connectivity index (χ1v) is 7.95. The maximum atomic E-state index is 12.1. The van der Waals surface area contributed by atoms with Gasteiger partial charge in [-0.3, -0.25) is 9.69 Å². The lowest BCUT2D eigenvalue weighted by Gasteiger charge is -2.21. The largest absolute Gasteiger partial charge is 0.383 e. The number of benzene rings is 1. The van der Waals surface area contributed by atoms with Gasteiger partial charge in [0, 0.05) is 43.8 Å². The molecule has 0 spiro atoms. The Hall–Kier alpha value is -0.750. The molecule has 0 atom stereocenters. The fraction of sp³-hybridized carbons (Fsp3) is 0.562. The topological polar surface area (TPSA) is 38.8 Å². The van der Waals surface area contributed by atoms with E-state index in [-0.39, 0.29) is 5.78 Å². The van der Waals surface area contributed by atoms with Gasteiger partial charge < -0.3 is 9.47 Å². The number of ether oxygens (including phenoxy) is 2. The summed E-state index contributed by atoms with van der Waals surface area (Å²) < 4.78 is 11.2. The van der Waals surface area contributed by atoms with Crippen molar-refractivity contribution in [1.82, 2.24) is 4.90 Å². The van der Waals surface area contributed by atoms with Crippen molar-refractivity contribution in [3.63, 3.8) is 0 Å². The monoisotopic (exact) mass is 357 g/mol. The van der Waals surface area contributed by atoms with Crippen LogP contribution in [-0.4, -0.2) is 57.8 Å². The number of Topliss-reactive ketones (excluding diaryl/α,β-unsaturated/α-hetero) is 1. The van der Waals surface area contributed by atoms with Crippen molar-refractivity contribution in [1.29, 1.82) is 0 Å². The van der Waals surface area contributed by atoms with E-state index in [1.807, 2.05) is 24.3 Å². The second-order valence-corrected chi connectivity index (χ2v) is 5.78. The molecule has 0 bridgehead atoms. The summed E-state index contributed by atoms with van der Waals surface area (Å²) in [5.41, 5.74) is 0.776. The Bertz CT molecular complexity index is 400. The number of halogens is 1. The van der Waals surface area contributed by atoms with E-state index in [1.54, 1.807) is 14.2 Å². The third kappa shape index (κ3) is 7.71. The van der Waals surface area contributed by atoms with Crippen LogP contribution in [0.2, 0.25) is 0 Å². The number of methoxy groups -OCH3 is 2. The summed E-state index contributed by atoms with van der Waals surface area (Å²) in [4.78, 5) is 14.3. The Morgan fingerprint density at radius 1 is 1.05 bits per heavy atom. The molecule has 0 aliphatic rings. The molecule has 0 radical (unpaired) electrons. The quantitative estimate of drug-likeness (QED) is 0.570. The molecule has 0 heterocycles. The standard InChI is InChI=1S/C16H24BrNO3/c1-20-12-10-18(11-13-21-2)9-3-4-16(19)14-5-7-15(17)8-6-14/h5-8H,3-4,9-13H2,1-2H3. The highest BCUT2D eigenvalue weighted by molar-refractivity contribution is 9.10. The summed E-state index contributed by atoms with van der Waals surface area (Å²) in [5.74, 6) is 0.195. The highest BCUT2D eigenvalue weighted by Gasteiger charge is 2.08. The number of carbonyl (C=O) groups is 1. The molecule has 1 aromatic carbocycles. The van der Waals surface area contributed by atoms with Gasteiger partial charge in [-0.05, 0) is 25.1 Å². The minimum Gasteiger partial charge on any atom is -0.383 e. The zero-order chi connectivity index (χ0) is 15.5. The fourth-order valence-corrected chi connectivity index (χ4v) is 2.28. The molecule has 0 aliphatic carbocycles. The van der Waals surface area contributed by atoms with Gasteiger partial charge in [-0.15, -0.1) is 0 Å². The molecule has 0 amide bonds. The van der Waals surface area contributed by atoms with E-state index in [2.05, 4.69) is 20.8 Å².